The maximum Gasteiger partial charge on any atom is 0.277 e. The number of rotatable bonds is 4. The number of benzene rings is 2. The molecule has 23 heavy (non-hydrogen) atoms. The summed E-state index contributed by atoms with van der Waals surface area (Å²) in [5.41, 5.74) is 5.19. The van der Waals surface area contributed by atoms with Crippen LogP contribution in [0.25, 0.3) is 0 Å². The lowest BCUT2D eigenvalue weighted by Gasteiger charge is -2.05. The van der Waals surface area contributed by atoms with Crippen molar-refractivity contribution in [2.45, 2.75) is 6.92 Å². The SMILES string of the molecule is Cc1ccc2c(c1)OC/C2=N\NC(=O)COc1ccc(Cl)cc1. The van der Waals surface area contributed by atoms with E-state index in [1.165, 1.54) is 0 Å². The number of hydrogen-bond donors (Lipinski definition) is 1. The van der Waals surface area contributed by atoms with Crippen molar-refractivity contribution < 1.29 is 14.3 Å². The highest BCUT2D eigenvalue weighted by Crippen LogP contribution is 2.26. The Morgan fingerprint density at radius 2 is 2.09 bits per heavy atom. The lowest BCUT2D eigenvalue weighted by molar-refractivity contribution is -0.123. The van der Waals surface area contributed by atoms with Gasteiger partial charge in [0.15, 0.2) is 6.61 Å². The lowest BCUT2D eigenvalue weighted by atomic mass is 10.1. The second-order valence-corrected chi connectivity index (χ2v) is 5.56. The Bertz CT molecular complexity index is 757. The number of carbonyl (C=O) groups is 1. The predicted molar refractivity (Wildman–Crippen MR) is 88.3 cm³/mol. The summed E-state index contributed by atoms with van der Waals surface area (Å²) in [6.07, 6.45) is 0. The van der Waals surface area contributed by atoms with Crippen molar-refractivity contribution in [3.8, 4) is 11.5 Å². The number of hydrogen-bond acceptors (Lipinski definition) is 4. The van der Waals surface area contributed by atoms with E-state index in [1.807, 2.05) is 25.1 Å². The van der Waals surface area contributed by atoms with Crippen LogP contribution in [0.3, 0.4) is 0 Å². The first-order valence-corrected chi connectivity index (χ1v) is 7.47. The molecule has 6 heteroatoms. The highest BCUT2D eigenvalue weighted by molar-refractivity contribution is 6.30. The molecule has 0 bridgehead atoms. The number of fused-ring (bicyclic) bond motifs is 1. The number of aryl methyl sites for hydroxylation is 1. The second-order valence-electron chi connectivity index (χ2n) is 5.12. The Balaban J connectivity index is 1.56. The van der Waals surface area contributed by atoms with Crippen LogP contribution in [0, 0.1) is 6.92 Å². The molecule has 3 rings (SSSR count). The maximum atomic E-state index is 11.8. The van der Waals surface area contributed by atoms with E-state index in [0.29, 0.717) is 23.1 Å². The van der Waals surface area contributed by atoms with Gasteiger partial charge in [-0.15, -0.1) is 0 Å². The topological polar surface area (TPSA) is 59.9 Å². The van der Waals surface area contributed by atoms with Gasteiger partial charge in [0.25, 0.3) is 5.91 Å². The van der Waals surface area contributed by atoms with Crippen LogP contribution in [-0.4, -0.2) is 24.8 Å². The Labute approximate surface area is 138 Å². The van der Waals surface area contributed by atoms with Gasteiger partial charge in [-0.3, -0.25) is 4.79 Å². The normalized spacial score (nSPS) is 14.3. The molecule has 0 aliphatic carbocycles. The van der Waals surface area contributed by atoms with Crippen molar-refractivity contribution in [2.75, 3.05) is 13.2 Å². The van der Waals surface area contributed by atoms with Crippen LogP contribution in [-0.2, 0) is 4.79 Å². The zero-order chi connectivity index (χ0) is 16.2. The van der Waals surface area contributed by atoms with Crippen molar-refractivity contribution in [1.29, 1.82) is 0 Å². The van der Waals surface area contributed by atoms with E-state index >= 15 is 0 Å². The number of halogens is 1. The second kappa shape index (κ2) is 6.71. The van der Waals surface area contributed by atoms with Gasteiger partial charge in [0.1, 0.15) is 23.8 Å². The Hall–Kier alpha value is -2.53. The third-order valence-electron chi connectivity index (χ3n) is 3.31. The van der Waals surface area contributed by atoms with Crippen molar-refractivity contribution in [2.24, 2.45) is 5.10 Å². The van der Waals surface area contributed by atoms with E-state index in [0.717, 1.165) is 16.9 Å². The summed E-state index contributed by atoms with van der Waals surface area (Å²) < 4.78 is 10.9. The van der Waals surface area contributed by atoms with Gasteiger partial charge in [0.05, 0.1) is 0 Å². The van der Waals surface area contributed by atoms with Gasteiger partial charge in [-0.05, 0) is 48.9 Å². The van der Waals surface area contributed by atoms with E-state index in [9.17, 15) is 4.79 Å². The summed E-state index contributed by atoms with van der Waals surface area (Å²) >= 11 is 5.78. The first-order chi connectivity index (χ1) is 11.1. The fraction of sp³-hybridized carbons (Fsp3) is 0.176. The lowest BCUT2D eigenvalue weighted by Crippen LogP contribution is -2.26. The van der Waals surface area contributed by atoms with E-state index in [2.05, 4.69) is 10.5 Å². The third-order valence-corrected chi connectivity index (χ3v) is 3.56. The molecule has 1 aliphatic heterocycles. The molecule has 0 radical (unpaired) electrons. The van der Waals surface area contributed by atoms with Crippen LogP contribution in [0.1, 0.15) is 11.1 Å². The first-order valence-electron chi connectivity index (χ1n) is 7.09. The van der Waals surface area contributed by atoms with Gasteiger partial charge < -0.3 is 9.47 Å². The number of ether oxygens (including phenoxy) is 2. The zero-order valence-electron chi connectivity index (χ0n) is 12.5. The Morgan fingerprint density at radius 3 is 2.87 bits per heavy atom. The van der Waals surface area contributed by atoms with Crippen molar-refractivity contribution in [3.05, 3.63) is 58.6 Å². The quantitative estimate of drug-likeness (QED) is 0.877. The standard InChI is InChI=1S/C17H15ClN2O3/c1-11-2-7-14-15(9-23-16(14)8-11)19-20-17(21)10-22-13-5-3-12(18)4-6-13/h2-8H,9-10H2,1H3,(H,20,21)/b19-15+. The molecule has 0 saturated heterocycles. The highest BCUT2D eigenvalue weighted by Gasteiger charge is 2.19. The summed E-state index contributed by atoms with van der Waals surface area (Å²) in [4.78, 5) is 11.8. The minimum absolute atomic E-state index is 0.125. The van der Waals surface area contributed by atoms with E-state index < -0.39 is 0 Å². The van der Waals surface area contributed by atoms with E-state index in [1.54, 1.807) is 24.3 Å². The number of nitrogens with zero attached hydrogens (tertiary/aromatic N) is 1. The van der Waals surface area contributed by atoms with Crippen molar-refractivity contribution in [3.63, 3.8) is 0 Å². The van der Waals surface area contributed by atoms with Gasteiger partial charge in [-0.25, -0.2) is 5.43 Å². The number of nitrogens with one attached hydrogen (secondary N) is 1. The van der Waals surface area contributed by atoms with Crippen LogP contribution in [0.15, 0.2) is 47.6 Å². The molecule has 1 aliphatic rings. The average Bonchev–Trinajstić information content (AvgIpc) is 2.94. The monoisotopic (exact) mass is 330 g/mol. The van der Waals surface area contributed by atoms with Gasteiger partial charge >= 0.3 is 0 Å². The van der Waals surface area contributed by atoms with Gasteiger partial charge in [0, 0.05) is 10.6 Å². The van der Waals surface area contributed by atoms with Crippen LogP contribution >= 0.6 is 11.6 Å². The third kappa shape index (κ3) is 3.81. The molecule has 1 heterocycles. The molecule has 0 saturated carbocycles. The van der Waals surface area contributed by atoms with Gasteiger partial charge in [-0.2, -0.15) is 5.10 Å². The summed E-state index contributed by atoms with van der Waals surface area (Å²) in [5.74, 6) is 1.02. The molecular formula is C17H15ClN2O3. The van der Waals surface area contributed by atoms with Crippen molar-refractivity contribution in [1.82, 2.24) is 5.43 Å². The summed E-state index contributed by atoms with van der Waals surface area (Å²) in [6, 6.07) is 12.7. The molecule has 0 unspecified atom stereocenters. The average molecular weight is 331 g/mol. The summed E-state index contributed by atoms with van der Waals surface area (Å²) in [6.45, 7) is 2.21. The molecule has 2 aromatic carbocycles. The molecule has 2 aromatic rings. The Morgan fingerprint density at radius 1 is 1.30 bits per heavy atom. The molecule has 1 N–H and O–H groups in total. The van der Waals surface area contributed by atoms with E-state index in [-0.39, 0.29) is 12.5 Å². The fourth-order valence-corrected chi connectivity index (χ4v) is 2.27. The van der Waals surface area contributed by atoms with Crippen LogP contribution in [0.5, 0.6) is 11.5 Å². The molecule has 5 nitrogen and oxygen atoms in total. The van der Waals surface area contributed by atoms with Crippen LogP contribution in [0.4, 0.5) is 0 Å². The number of hydrazone groups is 1. The van der Waals surface area contributed by atoms with Crippen LogP contribution in [0.2, 0.25) is 5.02 Å². The minimum atomic E-state index is -0.340. The van der Waals surface area contributed by atoms with Crippen LogP contribution < -0.4 is 14.9 Å². The predicted octanol–water partition coefficient (Wildman–Crippen LogP) is 2.94. The largest absolute Gasteiger partial charge is 0.486 e. The van der Waals surface area contributed by atoms with Crippen molar-refractivity contribution >= 4 is 23.2 Å². The minimum Gasteiger partial charge on any atom is -0.486 e. The maximum absolute atomic E-state index is 11.8. The zero-order valence-corrected chi connectivity index (χ0v) is 13.3. The molecular weight excluding hydrogens is 316 g/mol. The fourth-order valence-electron chi connectivity index (χ4n) is 2.15. The van der Waals surface area contributed by atoms with E-state index in [4.69, 9.17) is 21.1 Å². The molecule has 1 amide bonds. The molecule has 0 atom stereocenters. The number of carbonyl (C=O) groups excluding carboxylic acids is 1. The molecule has 0 aromatic heterocycles. The molecule has 0 fully saturated rings. The molecule has 118 valence electrons. The van der Waals surface area contributed by atoms with Gasteiger partial charge in [-0.1, -0.05) is 17.7 Å². The Kier molecular flexibility index (Phi) is 4.48. The first kappa shape index (κ1) is 15.4. The summed E-state index contributed by atoms with van der Waals surface area (Å²) in [7, 11) is 0. The summed E-state index contributed by atoms with van der Waals surface area (Å²) in [5, 5.41) is 4.73. The smallest absolute Gasteiger partial charge is 0.277 e. The highest BCUT2D eigenvalue weighted by atomic mass is 35.5. The molecule has 0 spiro atoms. The number of amides is 1. The van der Waals surface area contributed by atoms with Gasteiger partial charge in [0.2, 0.25) is 0 Å².